The van der Waals surface area contributed by atoms with E-state index in [1.807, 2.05) is 0 Å². The molecule has 10 heavy (non-hydrogen) atoms. The molecule has 3 rings (SSSR count). The van der Waals surface area contributed by atoms with Crippen LogP contribution in [0.1, 0.15) is 12.8 Å². The second-order valence-corrected chi connectivity index (χ2v) is 3.57. The highest BCUT2D eigenvalue weighted by Crippen LogP contribution is 2.60. The molecule has 52 valence electrons. The second-order valence-electron chi connectivity index (χ2n) is 3.57. The van der Waals surface area contributed by atoms with Gasteiger partial charge in [-0.2, -0.15) is 0 Å². The van der Waals surface area contributed by atoms with Gasteiger partial charge in [0.1, 0.15) is 11.7 Å². The van der Waals surface area contributed by atoms with E-state index in [9.17, 15) is 0 Å². The molecule has 1 heterocycles. The average molecular weight is 134 g/mol. The molecule has 1 nitrogen and oxygen atoms in total. The summed E-state index contributed by atoms with van der Waals surface area (Å²) in [6, 6.07) is 0. The van der Waals surface area contributed by atoms with Crippen molar-refractivity contribution in [3.8, 4) is 0 Å². The van der Waals surface area contributed by atoms with E-state index in [1.165, 1.54) is 12.8 Å². The Balaban J connectivity index is 2.05. The van der Waals surface area contributed by atoms with E-state index in [2.05, 4.69) is 18.7 Å². The van der Waals surface area contributed by atoms with Crippen LogP contribution in [0.5, 0.6) is 0 Å². The molecule has 0 aromatic heterocycles. The van der Waals surface area contributed by atoms with Crippen LogP contribution in [0, 0.1) is 5.92 Å². The van der Waals surface area contributed by atoms with E-state index in [-0.39, 0.29) is 5.60 Å². The molecule has 1 spiro atoms. The lowest BCUT2D eigenvalue weighted by Crippen LogP contribution is -2.08. The van der Waals surface area contributed by atoms with Crippen LogP contribution in [0.2, 0.25) is 0 Å². The van der Waals surface area contributed by atoms with Gasteiger partial charge < -0.3 is 4.74 Å². The molecule has 1 saturated carbocycles. The normalized spacial score (nSPS) is 54.2. The van der Waals surface area contributed by atoms with Crippen molar-refractivity contribution in [2.75, 3.05) is 0 Å². The Morgan fingerprint density at radius 2 is 2.70 bits per heavy atom. The van der Waals surface area contributed by atoms with Crippen LogP contribution in [0.3, 0.4) is 0 Å². The van der Waals surface area contributed by atoms with Gasteiger partial charge in [0.2, 0.25) is 0 Å². The fraction of sp³-hybridized carbons (Fsp3) is 0.556. The van der Waals surface area contributed by atoms with Crippen LogP contribution < -0.4 is 0 Å². The molecule has 3 atom stereocenters. The smallest absolute Gasteiger partial charge is 0.106 e. The maximum Gasteiger partial charge on any atom is 0.106 e. The van der Waals surface area contributed by atoms with Gasteiger partial charge in [0, 0.05) is 12.3 Å². The Morgan fingerprint density at radius 1 is 1.80 bits per heavy atom. The summed E-state index contributed by atoms with van der Waals surface area (Å²) in [5, 5.41) is 0. The predicted molar refractivity (Wildman–Crippen MR) is 38.6 cm³/mol. The number of allylic oxidation sites excluding steroid dienone is 1. The van der Waals surface area contributed by atoms with Gasteiger partial charge >= 0.3 is 0 Å². The Labute approximate surface area is 60.4 Å². The van der Waals surface area contributed by atoms with Crippen molar-refractivity contribution in [3.05, 3.63) is 24.3 Å². The number of hydrogen-bond donors (Lipinski definition) is 0. The van der Waals surface area contributed by atoms with Crippen molar-refractivity contribution in [2.45, 2.75) is 24.5 Å². The van der Waals surface area contributed by atoms with Gasteiger partial charge in [-0.15, -0.1) is 6.58 Å². The zero-order valence-electron chi connectivity index (χ0n) is 5.84. The highest BCUT2D eigenvalue weighted by molar-refractivity contribution is 5.39. The number of rotatable bonds is 1. The van der Waals surface area contributed by atoms with Gasteiger partial charge in [-0.25, -0.2) is 0 Å². The van der Waals surface area contributed by atoms with Gasteiger partial charge in [0.05, 0.1) is 0 Å². The molecule has 3 unspecified atom stereocenters. The number of ether oxygens (including phenoxy) is 1. The highest BCUT2D eigenvalue weighted by Gasteiger charge is 2.64. The fourth-order valence-corrected chi connectivity index (χ4v) is 2.38. The lowest BCUT2D eigenvalue weighted by molar-refractivity contribution is 0.298. The molecule has 2 bridgehead atoms. The predicted octanol–water partition coefficient (Wildman–Crippen LogP) is 1.66. The van der Waals surface area contributed by atoms with E-state index < -0.39 is 0 Å². The quantitative estimate of drug-likeness (QED) is 0.392. The van der Waals surface area contributed by atoms with Gasteiger partial charge in [-0.1, -0.05) is 17.7 Å². The van der Waals surface area contributed by atoms with Gasteiger partial charge in [-0.05, 0) is 6.42 Å². The van der Waals surface area contributed by atoms with E-state index in [0.717, 1.165) is 0 Å². The Morgan fingerprint density at radius 3 is 3.20 bits per heavy atom. The molecule has 2 aliphatic carbocycles. The topological polar surface area (TPSA) is 12.5 Å². The molecule has 1 saturated heterocycles. The first kappa shape index (κ1) is 5.14. The van der Waals surface area contributed by atoms with E-state index >= 15 is 0 Å². The van der Waals surface area contributed by atoms with Gasteiger partial charge in [-0.3, -0.25) is 0 Å². The summed E-state index contributed by atoms with van der Waals surface area (Å²) >= 11 is 0. The largest absolute Gasteiger partial charge is 0.361 e. The minimum absolute atomic E-state index is 0.286. The summed E-state index contributed by atoms with van der Waals surface area (Å²) in [5.41, 5.74) is 1.86. The number of fused-ring (bicyclic) bond motifs is 1. The lowest BCUT2D eigenvalue weighted by Gasteiger charge is -2.05. The molecular weight excluding hydrogens is 124 g/mol. The first-order valence-corrected chi connectivity index (χ1v) is 3.85. The van der Waals surface area contributed by atoms with Crippen LogP contribution in [-0.2, 0) is 4.74 Å². The fourth-order valence-electron chi connectivity index (χ4n) is 2.38. The Kier molecular flexibility index (Phi) is 0.635. The third-order valence-electron chi connectivity index (χ3n) is 3.02. The summed E-state index contributed by atoms with van der Waals surface area (Å²) in [5.74, 6) is 0.638. The zero-order valence-corrected chi connectivity index (χ0v) is 5.84. The van der Waals surface area contributed by atoms with E-state index in [0.29, 0.717) is 12.0 Å². The van der Waals surface area contributed by atoms with Crippen molar-refractivity contribution in [2.24, 2.45) is 5.92 Å². The summed E-state index contributed by atoms with van der Waals surface area (Å²) in [7, 11) is 0. The Hall–Kier alpha value is -0.560. The minimum atomic E-state index is 0.286. The summed E-state index contributed by atoms with van der Waals surface area (Å²) in [4.78, 5) is 0. The molecule has 0 amide bonds. The summed E-state index contributed by atoms with van der Waals surface area (Å²) in [6.45, 7) is 3.81. The molecule has 0 N–H and O–H groups in total. The molecule has 0 aromatic rings. The van der Waals surface area contributed by atoms with Crippen LogP contribution in [0.4, 0.5) is 0 Å². The number of epoxide rings is 1. The average Bonchev–Trinajstić information content (AvgIpc) is 2.34. The molecule has 2 fully saturated rings. The molecular formula is C9H10O. The van der Waals surface area contributed by atoms with Crippen LogP contribution in [-0.4, -0.2) is 11.7 Å². The van der Waals surface area contributed by atoms with Crippen molar-refractivity contribution < 1.29 is 4.74 Å². The monoisotopic (exact) mass is 134 g/mol. The third-order valence-corrected chi connectivity index (χ3v) is 3.02. The summed E-state index contributed by atoms with van der Waals surface area (Å²) in [6.07, 6.45) is 7.23. The Bertz CT molecular complexity index is 241. The third kappa shape index (κ3) is 0.381. The maximum atomic E-state index is 5.54. The standard InChI is InChI=1S/C9H10O/c1-2-6-4-9-5-7(6)3-8(9)10-9/h2-3,6,8H,1,4-5H2. The van der Waals surface area contributed by atoms with Crippen molar-refractivity contribution in [1.82, 2.24) is 0 Å². The molecule has 0 aromatic carbocycles. The maximum absolute atomic E-state index is 5.54. The second kappa shape index (κ2) is 1.24. The van der Waals surface area contributed by atoms with E-state index in [1.54, 1.807) is 5.57 Å². The van der Waals surface area contributed by atoms with Crippen LogP contribution in [0.15, 0.2) is 24.3 Å². The summed E-state index contributed by atoms with van der Waals surface area (Å²) < 4.78 is 5.54. The first-order chi connectivity index (χ1) is 4.84. The van der Waals surface area contributed by atoms with Crippen LogP contribution >= 0.6 is 0 Å². The van der Waals surface area contributed by atoms with E-state index in [4.69, 9.17) is 4.74 Å². The van der Waals surface area contributed by atoms with Crippen molar-refractivity contribution in [3.63, 3.8) is 0 Å². The van der Waals surface area contributed by atoms with Crippen molar-refractivity contribution >= 4 is 0 Å². The number of hydrogen-bond acceptors (Lipinski definition) is 1. The molecule has 1 aliphatic heterocycles. The van der Waals surface area contributed by atoms with Gasteiger partial charge in [0.15, 0.2) is 0 Å². The first-order valence-electron chi connectivity index (χ1n) is 3.85. The molecule has 1 heteroatoms. The lowest BCUT2D eigenvalue weighted by atomic mass is 9.96. The van der Waals surface area contributed by atoms with Crippen LogP contribution in [0.25, 0.3) is 0 Å². The highest BCUT2D eigenvalue weighted by atomic mass is 16.6. The molecule has 3 aliphatic rings. The SMILES string of the molecule is C=CC1CC23CC1=CC2O3. The zero-order chi connectivity index (χ0) is 6.77. The molecule has 0 radical (unpaired) electrons. The van der Waals surface area contributed by atoms with Gasteiger partial charge in [0.25, 0.3) is 0 Å². The van der Waals surface area contributed by atoms with Crippen molar-refractivity contribution in [1.29, 1.82) is 0 Å². The minimum Gasteiger partial charge on any atom is -0.361 e.